The molecule has 5 heteroatoms. The maximum atomic E-state index is 9.37. The number of anilines is 1. The number of hydrogen-bond acceptors (Lipinski definition) is 5. The van der Waals surface area contributed by atoms with Crippen molar-refractivity contribution in [3.63, 3.8) is 0 Å². The van der Waals surface area contributed by atoms with Gasteiger partial charge in [0.2, 0.25) is 0 Å². The number of para-hydroxylation sites is 2. The number of rotatable bonds is 2. The fraction of sp³-hybridized carbons (Fsp3) is 0.385. The van der Waals surface area contributed by atoms with Crippen LogP contribution >= 0.6 is 0 Å². The van der Waals surface area contributed by atoms with E-state index in [-0.39, 0.29) is 12.6 Å². The predicted octanol–water partition coefficient (Wildman–Crippen LogP) is 0.827. The summed E-state index contributed by atoms with van der Waals surface area (Å²) in [6.45, 7) is 1.99. The molecule has 1 N–H and O–H groups in total. The molecule has 1 fully saturated rings. The van der Waals surface area contributed by atoms with Crippen molar-refractivity contribution in [1.82, 2.24) is 9.97 Å². The molecule has 1 aliphatic heterocycles. The first-order valence-corrected chi connectivity index (χ1v) is 6.05. The first kappa shape index (κ1) is 11.4. The van der Waals surface area contributed by atoms with E-state index in [1.165, 1.54) is 0 Å². The largest absolute Gasteiger partial charge is 0.394 e. The van der Waals surface area contributed by atoms with Crippen LogP contribution in [0, 0.1) is 0 Å². The molecule has 94 valence electrons. The lowest BCUT2D eigenvalue weighted by atomic mass is 10.2. The number of fused-ring (bicyclic) bond motifs is 1. The van der Waals surface area contributed by atoms with Gasteiger partial charge in [-0.15, -0.1) is 0 Å². The van der Waals surface area contributed by atoms with E-state index < -0.39 is 0 Å². The van der Waals surface area contributed by atoms with Crippen LogP contribution in [0.25, 0.3) is 11.0 Å². The van der Waals surface area contributed by atoms with Crippen molar-refractivity contribution >= 4 is 16.9 Å². The highest BCUT2D eigenvalue weighted by Gasteiger charge is 2.23. The van der Waals surface area contributed by atoms with Gasteiger partial charge in [-0.3, -0.25) is 4.98 Å². The summed E-state index contributed by atoms with van der Waals surface area (Å²) in [5.74, 6) is 0.802. The summed E-state index contributed by atoms with van der Waals surface area (Å²) in [5.41, 5.74) is 1.76. The normalized spacial score (nSPS) is 20.3. The second-order valence-electron chi connectivity index (χ2n) is 4.32. The van der Waals surface area contributed by atoms with Crippen molar-refractivity contribution in [3.8, 4) is 0 Å². The van der Waals surface area contributed by atoms with E-state index in [0.717, 1.165) is 23.4 Å². The van der Waals surface area contributed by atoms with Crippen LogP contribution in [-0.2, 0) is 4.74 Å². The molecule has 5 nitrogen and oxygen atoms in total. The molecular weight excluding hydrogens is 230 g/mol. The van der Waals surface area contributed by atoms with Gasteiger partial charge < -0.3 is 14.7 Å². The minimum absolute atomic E-state index is 0.0331. The van der Waals surface area contributed by atoms with E-state index in [0.29, 0.717) is 13.2 Å². The number of ether oxygens (including phenoxy) is 1. The molecule has 1 atom stereocenters. The third-order valence-corrected chi connectivity index (χ3v) is 3.17. The Bertz CT molecular complexity index is 547. The van der Waals surface area contributed by atoms with Gasteiger partial charge in [-0.25, -0.2) is 4.98 Å². The van der Waals surface area contributed by atoms with Crippen LogP contribution in [0.2, 0.25) is 0 Å². The highest BCUT2D eigenvalue weighted by atomic mass is 16.5. The molecule has 0 radical (unpaired) electrons. The van der Waals surface area contributed by atoms with Crippen LogP contribution in [0.4, 0.5) is 5.82 Å². The van der Waals surface area contributed by atoms with Crippen molar-refractivity contribution in [2.24, 2.45) is 0 Å². The maximum Gasteiger partial charge on any atom is 0.148 e. The molecule has 2 aromatic rings. The molecule has 1 aliphatic rings. The Labute approximate surface area is 105 Å². The molecule has 1 unspecified atom stereocenters. The van der Waals surface area contributed by atoms with Crippen LogP contribution in [-0.4, -0.2) is 47.5 Å². The number of aliphatic hydroxyl groups excluding tert-OH is 1. The van der Waals surface area contributed by atoms with Gasteiger partial charge in [-0.2, -0.15) is 0 Å². The van der Waals surface area contributed by atoms with Gasteiger partial charge in [-0.05, 0) is 12.1 Å². The van der Waals surface area contributed by atoms with E-state index in [9.17, 15) is 5.11 Å². The summed E-state index contributed by atoms with van der Waals surface area (Å²) < 4.78 is 5.36. The molecular formula is C13H15N3O2. The summed E-state index contributed by atoms with van der Waals surface area (Å²) >= 11 is 0. The highest BCUT2D eigenvalue weighted by molar-refractivity contribution is 5.75. The van der Waals surface area contributed by atoms with Gasteiger partial charge in [0.25, 0.3) is 0 Å². The summed E-state index contributed by atoms with van der Waals surface area (Å²) in [4.78, 5) is 11.1. The van der Waals surface area contributed by atoms with Gasteiger partial charge >= 0.3 is 0 Å². The van der Waals surface area contributed by atoms with Gasteiger partial charge in [0.1, 0.15) is 5.82 Å². The molecule has 0 spiro atoms. The average Bonchev–Trinajstić information content (AvgIpc) is 2.46. The zero-order chi connectivity index (χ0) is 12.4. The lowest BCUT2D eigenvalue weighted by molar-refractivity contribution is 0.0723. The van der Waals surface area contributed by atoms with Crippen molar-refractivity contribution in [1.29, 1.82) is 0 Å². The molecule has 3 rings (SSSR count). The molecule has 0 amide bonds. The fourth-order valence-corrected chi connectivity index (χ4v) is 2.19. The van der Waals surface area contributed by atoms with E-state index in [1.807, 2.05) is 24.3 Å². The minimum atomic E-state index is -0.0331. The topological polar surface area (TPSA) is 58.5 Å². The smallest absolute Gasteiger partial charge is 0.148 e. The van der Waals surface area contributed by atoms with E-state index in [4.69, 9.17) is 4.74 Å². The molecule has 1 aromatic carbocycles. The number of benzene rings is 1. The summed E-state index contributed by atoms with van der Waals surface area (Å²) in [6, 6.07) is 7.75. The molecule has 0 saturated carbocycles. The van der Waals surface area contributed by atoms with Crippen molar-refractivity contribution in [3.05, 3.63) is 30.5 Å². The minimum Gasteiger partial charge on any atom is -0.394 e. The molecule has 18 heavy (non-hydrogen) atoms. The molecule has 0 bridgehead atoms. The van der Waals surface area contributed by atoms with E-state index in [1.54, 1.807) is 6.20 Å². The number of nitrogens with zero attached hydrogens (tertiary/aromatic N) is 3. The SMILES string of the molecule is OCC1COCCN1c1cnc2ccccc2n1. The Kier molecular flexibility index (Phi) is 3.08. The van der Waals surface area contributed by atoms with E-state index in [2.05, 4.69) is 14.9 Å². The Hall–Kier alpha value is -1.72. The highest BCUT2D eigenvalue weighted by Crippen LogP contribution is 2.19. The molecule has 1 aromatic heterocycles. The third kappa shape index (κ3) is 2.02. The van der Waals surface area contributed by atoms with Gasteiger partial charge in [-0.1, -0.05) is 12.1 Å². The first-order chi connectivity index (χ1) is 8.88. The standard InChI is InChI=1S/C13H15N3O2/c17-8-10-9-18-6-5-16(10)13-7-14-11-3-1-2-4-12(11)15-13/h1-4,7,10,17H,5-6,8-9H2. The van der Waals surface area contributed by atoms with Crippen LogP contribution in [0.1, 0.15) is 0 Å². The molecule has 0 aliphatic carbocycles. The van der Waals surface area contributed by atoms with Gasteiger partial charge in [0, 0.05) is 6.54 Å². The lowest BCUT2D eigenvalue weighted by Gasteiger charge is -2.35. The monoisotopic (exact) mass is 245 g/mol. The Balaban J connectivity index is 1.97. The number of aromatic nitrogens is 2. The third-order valence-electron chi connectivity index (χ3n) is 3.17. The average molecular weight is 245 g/mol. The summed E-state index contributed by atoms with van der Waals surface area (Å²) in [5, 5.41) is 9.37. The number of morpholine rings is 1. The van der Waals surface area contributed by atoms with Crippen molar-refractivity contribution in [2.75, 3.05) is 31.3 Å². The van der Waals surface area contributed by atoms with Crippen molar-refractivity contribution < 1.29 is 9.84 Å². The lowest BCUT2D eigenvalue weighted by Crippen LogP contribution is -2.48. The van der Waals surface area contributed by atoms with Crippen LogP contribution in [0.15, 0.2) is 30.5 Å². The van der Waals surface area contributed by atoms with Crippen LogP contribution in [0.3, 0.4) is 0 Å². The summed E-state index contributed by atoms with van der Waals surface area (Å²) in [6.07, 6.45) is 1.76. The number of hydrogen-bond donors (Lipinski definition) is 1. The zero-order valence-corrected chi connectivity index (χ0v) is 9.99. The second-order valence-corrected chi connectivity index (χ2v) is 4.32. The number of aliphatic hydroxyl groups is 1. The second kappa shape index (κ2) is 4.88. The van der Waals surface area contributed by atoms with Crippen molar-refractivity contribution in [2.45, 2.75) is 6.04 Å². The van der Waals surface area contributed by atoms with E-state index >= 15 is 0 Å². The van der Waals surface area contributed by atoms with Crippen LogP contribution in [0.5, 0.6) is 0 Å². The zero-order valence-electron chi connectivity index (χ0n) is 9.99. The Morgan fingerprint density at radius 3 is 3.00 bits per heavy atom. The molecule has 1 saturated heterocycles. The van der Waals surface area contributed by atoms with Gasteiger partial charge in [0.15, 0.2) is 0 Å². The Morgan fingerprint density at radius 1 is 1.33 bits per heavy atom. The van der Waals surface area contributed by atoms with Crippen LogP contribution < -0.4 is 4.90 Å². The predicted molar refractivity (Wildman–Crippen MR) is 68.6 cm³/mol. The quantitative estimate of drug-likeness (QED) is 0.849. The fourth-order valence-electron chi connectivity index (χ4n) is 2.19. The maximum absolute atomic E-state index is 9.37. The Morgan fingerprint density at radius 2 is 2.17 bits per heavy atom. The first-order valence-electron chi connectivity index (χ1n) is 6.05. The molecule has 2 heterocycles. The van der Waals surface area contributed by atoms with Gasteiger partial charge in [0.05, 0.1) is 43.1 Å². The summed E-state index contributed by atoms with van der Waals surface area (Å²) in [7, 11) is 0.